The highest BCUT2D eigenvalue weighted by Gasteiger charge is 2.26. The summed E-state index contributed by atoms with van der Waals surface area (Å²) in [6, 6.07) is 14.2. The second kappa shape index (κ2) is 6.43. The normalized spacial score (nSPS) is 11.5. The lowest BCUT2D eigenvalue weighted by molar-refractivity contribution is 0.0976. The molecule has 0 saturated carbocycles. The van der Waals surface area contributed by atoms with Crippen molar-refractivity contribution in [1.82, 2.24) is 0 Å². The first-order valence-corrected chi connectivity index (χ1v) is 6.79. The molecule has 1 atom stereocenters. The van der Waals surface area contributed by atoms with Crippen LogP contribution in [0.25, 0.3) is 0 Å². The smallest absolute Gasteiger partial charge is 0.188 e. The lowest BCUT2D eigenvalue weighted by Crippen LogP contribution is -2.13. The molecular formula is C17H14ClNO2. The molecule has 0 aliphatic carbocycles. The number of rotatable bonds is 4. The molecule has 1 unspecified atom stereocenters. The predicted octanol–water partition coefficient (Wildman–Crippen LogP) is 4.15. The second-order valence-electron chi connectivity index (χ2n) is 4.65. The Balaban J connectivity index is 2.50. The fourth-order valence-corrected chi connectivity index (χ4v) is 2.39. The number of halogens is 1. The number of carbonyl (C=O) groups is 1. The number of nitriles is 1. The van der Waals surface area contributed by atoms with E-state index in [0.29, 0.717) is 21.9 Å². The Morgan fingerprint density at radius 2 is 2.00 bits per heavy atom. The molecule has 2 rings (SSSR count). The highest BCUT2D eigenvalue weighted by molar-refractivity contribution is 6.31. The summed E-state index contributed by atoms with van der Waals surface area (Å²) in [7, 11) is 1.50. The van der Waals surface area contributed by atoms with Gasteiger partial charge in [-0.3, -0.25) is 4.79 Å². The molecule has 0 aromatic heterocycles. The van der Waals surface area contributed by atoms with Gasteiger partial charge in [0.05, 0.1) is 18.7 Å². The van der Waals surface area contributed by atoms with E-state index in [-0.39, 0.29) is 5.78 Å². The van der Waals surface area contributed by atoms with Crippen LogP contribution >= 0.6 is 11.6 Å². The third-order valence-electron chi connectivity index (χ3n) is 3.23. The summed E-state index contributed by atoms with van der Waals surface area (Å²) < 4.78 is 5.22. The molecule has 0 spiro atoms. The summed E-state index contributed by atoms with van der Waals surface area (Å²) in [5, 5.41) is 9.80. The number of ether oxygens (including phenoxy) is 1. The van der Waals surface area contributed by atoms with Crippen LogP contribution in [-0.4, -0.2) is 12.9 Å². The summed E-state index contributed by atoms with van der Waals surface area (Å²) in [5.74, 6) is -0.807. The Morgan fingerprint density at radius 3 is 2.62 bits per heavy atom. The Hall–Kier alpha value is -2.31. The molecule has 2 aromatic carbocycles. The van der Waals surface area contributed by atoms with Gasteiger partial charge in [-0.1, -0.05) is 41.4 Å². The third-order valence-corrected chi connectivity index (χ3v) is 3.57. The fraction of sp³-hybridized carbons (Fsp3) is 0.176. The molecule has 0 heterocycles. The van der Waals surface area contributed by atoms with E-state index >= 15 is 0 Å². The van der Waals surface area contributed by atoms with Gasteiger partial charge in [-0.15, -0.1) is 0 Å². The van der Waals surface area contributed by atoms with Crippen LogP contribution in [0, 0.1) is 18.3 Å². The zero-order chi connectivity index (χ0) is 15.4. The van der Waals surface area contributed by atoms with E-state index in [0.717, 1.165) is 5.56 Å². The van der Waals surface area contributed by atoms with E-state index in [2.05, 4.69) is 0 Å². The molecule has 0 radical (unpaired) electrons. The van der Waals surface area contributed by atoms with Gasteiger partial charge in [-0.2, -0.15) is 5.26 Å². The molecule has 0 bridgehead atoms. The van der Waals surface area contributed by atoms with Crippen molar-refractivity contribution >= 4 is 17.4 Å². The van der Waals surface area contributed by atoms with Crippen molar-refractivity contribution in [3.8, 4) is 11.8 Å². The van der Waals surface area contributed by atoms with E-state index in [9.17, 15) is 10.1 Å². The number of benzene rings is 2. The van der Waals surface area contributed by atoms with Crippen molar-refractivity contribution < 1.29 is 9.53 Å². The van der Waals surface area contributed by atoms with E-state index in [4.69, 9.17) is 16.3 Å². The standard InChI is InChI=1S/C17H14ClNO2/c1-11-7-8-16(21-2)13(9-11)17(20)14(10-19)12-5-3-4-6-15(12)18/h3-9,14H,1-2H3. The molecule has 2 aromatic rings. The number of ketones is 1. The summed E-state index contributed by atoms with van der Waals surface area (Å²) in [6.45, 7) is 1.88. The molecule has 0 amide bonds. The van der Waals surface area contributed by atoms with Gasteiger partial charge in [0.1, 0.15) is 11.7 Å². The molecule has 3 nitrogen and oxygen atoms in total. The minimum atomic E-state index is -0.950. The Morgan fingerprint density at radius 1 is 1.29 bits per heavy atom. The van der Waals surface area contributed by atoms with Crippen molar-refractivity contribution in [3.63, 3.8) is 0 Å². The van der Waals surface area contributed by atoms with Gasteiger partial charge in [0, 0.05) is 5.02 Å². The Bertz CT molecular complexity index is 719. The predicted molar refractivity (Wildman–Crippen MR) is 81.9 cm³/mol. The molecule has 106 valence electrons. The first kappa shape index (κ1) is 15.1. The number of Topliss-reactive ketones (excluding diaryl/α,β-unsaturated/α-hetero) is 1. The molecular weight excluding hydrogens is 286 g/mol. The fourth-order valence-electron chi connectivity index (χ4n) is 2.15. The Labute approximate surface area is 128 Å². The van der Waals surface area contributed by atoms with Crippen LogP contribution in [0.15, 0.2) is 42.5 Å². The van der Waals surface area contributed by atoms with Crippen LogP contribution in [0.3, 0.4) is 0 Å². The van der Waals surface area contributed by atoms with Crippen molar-refractivity contribution in [2.45, 2.75) is 12.8 Å². The van der Waals surface area contributed by atoms with Crippen LogP contribution in [-0.2, 0) is 0 Å². The van der Waals surface area contributed by atoms with Gasteiger partial charge in [-0.05, 0) is 30.7 Å². The number of aryl methyl sites for hydroxylation is 1. The lowest BCUT2D eigenvalue weighted by atomic mass is 9.90. The number of hydrogen-bond donors (Lipinski definition) is 0. The van der Waals surface area contributed by atoms with Crippen LogP contribution in [0.2, 0.25) is 5.02 Å². The molecule has 0 N–H and O–H groups in total. The van der Waals surface area contributed by atoms with Crippen molar-refractivity contribution in [2.24, 2.45) is 0 Å². The molecule has 4 heteroatoms. The maximum absolute atomic E-state index is 12.7. The van der Waals surface area contributed by atoms with Gasteiger partial charge in [-0.25, -0.2) is 0 Å². The Kier molecular flexibility index (Phi) is 4.62. The average molecular weight is 300 g/mol. The second-order valence-corrected chi connectivity index (χ2v) is 5.06. The van der Waals surface area contributed by atoms with Crippen molar-refractivity contribution in [1.29, 1.82) is 5.26 Å². The van der Waals surface area contributed by atoms with E-state index in [1.165, 1.54) is 7.11 Å². The molecule has 21 heavy (non-hydrogen) atoms. The number of nitrogens with zero attached hydrogens (tertiary/aromatic N) is 1. The van der Waals surface area contributed by atoms with Gasteiger partial charge < -0.3 is 4.74 Å². The summed E-state index contributed by atoms with van der Waals surface area (Å²) in [4.78, 5) is 12.7. The van der Waals surface area contributed by atoms with Gasteiger partial charge >= 0.3 is 0 Å². The average Bonchev–Trinajstić information content (AvgIpc) is 2.49. The van der Waals surface area contributed by atoms with Gasteiger partial charge in [0.2, 0.25) is 0 Å². The van der Waals surface area contributed by atoms with Crippen LogP contribution in [0.1, 0.15) is 27.4 Å². The first-order chi connectivity index (χ1) is 10.1. The quantitative estimate of drug-likeness (QED) is 0.797. The molecule has 0 aliphatic heterocycles. The van der Waals surface area contributed by atoms with Crippen LogP contribution in [0.5, 0.6) is 5.75 Å². The molecule has 0 aliphatic rings. The highest BCUT2D eigenvalue weighted by Crippen LogP contribution is 2.30. The SMILES string of the molecule is COc1ccc(C)cc1C(=O)C(C#N)c1ccccc1Cl. The largest absolute Gasteiger partial charge is 0.496 e. The third kappa shape index (κ3) is 3.07. The summed E-state index contributed by atoms with van der Waals surface area (Å²) in [6.07, 6.45) is 0. The van der Waals surface area contributed by atoms with E-state index in [1.807, 2.05) is 19.1 Å². The van der Waals surface area contributed by atoms with Gasteiger partial charge in [0.15, 0.2) is 5.78 Å². The minimum Gasteiger partial charge on any atom is -0.496 e. The van der Waals surface area contributed by atoms with E-state index in [1.54, 1.807) is 36.4 Å². The van der Waals surface area contributed by atoms with Crippen molar-refractivity contribution in [2.75, 3.05) is 7.11 Å². The van der Waals surface area contributed by atoms with Gasteiger partial charge in [0.25, 0.3) is 0 Å². The van der Waals surface area contributed by atoms with Crippen LogP contribution < -0.4 is 4.74 Å². The monoisotopic (exact) mass is 299 g/mol. The zero-order valence-electron chi connectivity index (χ0n) is 11.8. The topological polar surface area (TPSA) is 50.1 Å². The number of hydrogen-bond acceptors (Lipinski definition) is 3. The summed E-state index contributed by atoms with van der Waals surface area (Å²) >= 11 is 6.10. The number of carbonyl (C=O) groups excluding carboxylic acids is 1. The highest BCUT2D eigenvalue weighted by atomic mass is 35.5. The molecule has 0 saturated heterocycles. The maximum atomic E-state index is 12.7. The maximum Gasteiger partial charge on any atom is 0.188 e. The van der Waals surface area contributed by atoms with E-state index < -0.39 is 5.92 Å². The summed E-state index contributed by atoms with van der Waals surface area (Å²) in [5.41, 5.74) is 1.83. The van der Waals surface area contributed by atoms with Crippen molar-refractivity contribution in [3.05, 3.63) is 64.2 Å². The minimum absolute atomic E-state index is 0.314. The lowest BCUT2D eigenvalue weighted by Gasteiger charge is -2.13. The zero-order valence-corrected chi connectivity index (χ0v) is 12.5. The van der Waals surface area contributed by atoms with Crippen LogP contribution in [0.4, 0.5) is 0 Å². The first-order valence-electron chi connectivity index (χ1n) is 6.41. The molecule has 0 fully saturated rings. The number of methoxy groups -OCH3 is 1.